The fourth-order valence-corrected chi connectivity index (χ4v) is 9.83. The zero-order valence-electron chi connectivity index (χ0n) is 20.4. The molecule has 2 aromatic rings. The van der Waals surface area contributed by atoms with Gasteiger partial charge in [0.25, 0.3) is 0 Å². The Morgan fingerprint density at radius 3 is 1.21 bits per heavy atom. The summed E-state index contributed by atoms with van der Waals surface area (Å²) in [7, 11) is 0. The molecule has 0 aromatic heterocycles. The van der Waals surface area contributed by atoms with Crippen molar-refractivity contribution in [1.29, 1.82) is 0 Å². The molecule has 34 heavy (non-hydrogen) atoms. The van der Waals surface area contributed by atoms with Crippen LogP contribution in [0.25, 0.3) is 0 Å². The van der Waals surface area contributed by atoms with Crippen LogP contribution in [0, 0.1) is 0 Å². The fourth-order valence-electron chi connectivity index (χ4n) is 3.83. The third kappa shape index (κ3) is 5.40. The van der Waals surface area contributed by atoms with Crippen molar-refractivity contribution in [2.45, 2.75) is 72.7 Å². The SMILES string of the molecule is CC(C)(C)c1ccc(SC2=C(C=O)C3SC(Sc4ccc(C(C)(C)C)cc4)=C(C=O)C3S2)cc1. The van der Waals surface area contributed by atoms with E-state index in [1.165, 1.54) is 11.1 Å². The van der Waals surface area contributed by atoms with Gasteiger partial charge in [0.15, 0.2) is 0 Å². The van der Waals surface area contributed by atoms with E-state index in [9.17, 15) is 9.59 Å². The van der Waals surface area contributed by atoms with E-state index in [0.717, 1.165) is 42.0 Å². The van der Waals surface area contributed by atoms with Crippen LogP contribution in [0.15, 0.2) is 77.9 Å². The van der Waals surface area contributed by atoms with Crippen molar-refractivity contribution in [2.75, 3.05) is 0 Å². The minimum Gasteiger partial charge on any atom is -0.298 e. The molecule has 2 aliphatic rings. The van der Waals surface area contributed by atoms with Gasteiger partial charge in [0.05, 0.1) is 19.0 Å². The molecule has 0 fully saturated rings. The largest absolute Gasteiger partial charge is 0.298 e. The number of rotatable bonds is 6. The van der Waals surface area contributed by atoms with E-state index in [0.29, 0.717) is 0 Å². The van der Waals surface area contributed by atoms with Crippen molar-refractivity contribution in [3.05, 3.63) is 79.3 Å². The number of thioether (sulfide) groups is 4. The molecule has 2 aliphatic heterocycles. The molecule has 0 N–H and O–H groups in total. The number of hydrogen-bond donors (Lipinski definition) is 0. The minimum atomic E-state index is -0.00426. The molecule has 2 atom stereocenters. The number of fused-ring (bicyclic) bond motifs is 1. The lowest BCUT2D eigenvalue weighted by molar-refractivity contribution is -0.106. The van der Waals surface area contributed by atoms with Crippen LogP contribution in [0.2, 0.25) is 0 Å². The summed E-state index contributed by atoms with van der Waals surface area (Å²) in [6.45, 7) is 13.2. The van der Waals surface area contributed by atoms with Gasteiger partial charge >= 0.3 is 0 Å². The summed E-state index contributed by atoms with van der Waals surface area (Å²) in [6, 6.07) is 17.2. The number of carbonyl (C=O) groups excluding carboxylic acids is 2. The Bertz CT molecular complexity index is 1050. The average molecular weight is 527 g/mol. The van der Waals surface area contributed by atoms with E-state index in [1.54, 1.807) is 47.0 Å². The highest BCUT2D eigenvalue weighted by molar-refractivity contribution is 8.26. The molecule has 2 aromatic carbocycles. The quantitative estimate of drug-likeness (QED) is 0.353. The Kier molecular flexibility index (Phi) is 7.54. The Hall–Kier alpha value is -1.34. The molecular weight excluding hydrogens is 497 g/mol. The van der Waals surface area contributed by atoms with Crippen molar-refractivity contribution < 1.29 is 9.59 Å². The van der Waals surface area contributed by atoms with E-state index >= 15 is 0 Å². The lowest BCUT2D eigenvalue weighted by Gasteiger charge is -2.19. The molecule has 2 unspecified atom stereocenters. The number of carbonyl (C=O) groups is 2. The Balaban J connectivity index is 1.51. The lowest BCUT2D eigenvalue weighted by Crippen LogP contribution is -2.15. The van der Waals surface area contributed by atoms with Gasteiger partial charge in [0.2, 0.25) is 0 Å². The van der Waals surface area contributed by atoms with Gasteiger partial charge in [0, 0.05) is 20.9 Å². The van der Waals surface area contributed by atoms with Gasteiger partial charge in [-0.05, 0) is 46.2 Å². The predicted octanol–water partition coefficient (Wildman–Crippen LogP) is 8.22. The van der Waals surface area contributed by atoms with Crippen molar-refractivity contribution in [3.8, 4) is 0 Å². The molecule has 6 heteroatoms. The molecule has 0 radical (unpaired) electrons. The zero-order valence-corrected chi connectivity index (χ0v) is 23.6. The first kappa shape index (κ1) is 25.7. The van der Waals surface area contributed by atoms with Crippen LogP contribution in [0.1, 0.15) is 52.7 Å². The van der Waals surface area contributed by atoms with Gasteiger partial charge in [-0.2, -0.15) is 0 Å². The van der Waals surface area contributed by atoms with Gasteiger partial charge < -0.3 is 0 Å². The van der Waals surface area contributed by atoms with Crippen LogP contribution in [0.5, 0.6) is 0 Å². The first-order chi connectivity index (χ1) is 16.0. The first-order valence-electron chi connectivity index (χ1n) is 11.3. The second-order valence-corrected chi connectivity index (χ2v) is 15.5. The standard InChI is InChI=1S/C28H30O2S4/c1-27(2,3)17-7-11-19(12-8-17)31-25-21(15-29)23-24(33-25)22(16-30)26(34-23)32-20-13-9-18(10-14-20)28(4,5)6/h7-16,23-24H,1-6H3. The van der Waals surface area contributed by atoms with E-state index in [4.69, 9.17) is 0 Å². The zero-order chi connectivity index (χ0) is 24.7. The summed E-state index contributed by atoms with van der Waals surface area (Å²) in [5, 5.41) is -0.00852. The van der Waals surface area contributed by atoms with Gasteiger partial charge in [0.1, 0.15) is 12.6 Å². The number of benzene rings is 2. The lowest BCUT2D eigenvalue weighted by atomic mass is 9.87. The Morgan fingerprint density at radius 2 is 0.941 bits per heavy atom. The maximum atomic E-state index is 12.1. The Morgan fingerprint density at radius 1 is 0.618 bits per heavy atom. The second-order valence-electron chi connectivity index (χ2n) is 10.6. The van der Waals surface area contributed by atoms with Crippen LogP contribution >= 0.6 is 47.0 Å². The van der Waals surface area contributed by atoms with E-state index in [-0.39, 0.29) is 21.3 Å². The molecule has 0 bridgehead atoms. The smallest absolute Gasteiger partial charge is 0.148 e. The summed E-state index contributed by atoms with van der Waals surface area (Å²) in [4.78, 5) is 26.5. The fraction of sp³-hybridized carbons (Fsp3) is 0.357. The monoisotopic (exact) mass is 526 g/mol. The third-order valence-electron chi connectivity index (χ3n) is 5.94. The van der Waals surface area contributed by atoms with Gasteiger partial charge in [-0.1, -0.05) is 89.3 Å². The third-order valence-corrected chi connectivity index (χ3v) is 11.5. The molecule has 0 saturated carbocycles. The van der Waals surface area contributed by atoms with E-state index < -0.39 is 0 Å². The van der Waals surface area contributed by atoms with Gasteiger partial charge in [-0.3, -0.25) is 9.59 Å². The van der Waals surface area contributed by atoms with Crippen molar-refractivity contribution in [3.63, 3.8) is 0 Å². The van der Waals surface area contributed by atoms with Crippen molar-refractivity contribution in [1.82, 2.24) is 0 Å². The number of aldehydes is 2. The topological polar surface area (TPSA) is 34.1 Å². The highest BCUT2D eigenvalue weighted by atomic mass is 32.2. The number of hydrogen-bond acceptors (Lipinski definition) is 6. The molecule has 0 spiro atoms. The molecule has 0 saturated heterocycles. The van der Waals surface area contributed by atoms with Crippen LogP contribution in [-0.4, -0.2) is 23.1 Å². The summed E-state index contributed by atoms with van der Waals surface area (Å²) < 4.78 is 2.03. The van der Waals surface area contributed by atoms with Crippen LogP contribution in [-0.2, 0) is 20.4 Å². The van der Waals surface area contributed by atoms with E-state index in [1.807, 2.05) is 0 Å². The summed E-state index contributed by atoms with van der Waals surface area (Å²) >= 11 is 6.59. The summed E-state index contributed by atoms with van der Waals surface area (Å²) in [6.07, 6.45) is 1.98. The van der Waals surface area contributed by atoms with Crippen LogP contribution in [0.3, 0.4) is 0 Å². The molecule has 0 amide bonds. The molecule has 2 heterocycles. The van der Waals surface area contributed by atoms with Gasteiger partial charge in [-0.15, -0.1) is 23.5 Å². The highest BCUT2D eigenvalue weighted by Gasteiger charge is 2.45. The second kappa shape index (κ2) is 9.96. The summed E-state index contributed by atoms with van der Waals surface area (Å²) in [5.41, 5.74) is 4.41. The van der Waals surface area contributed by atoms with E-state index in [2.05, 4.69) is 90.1 Å². The normalized spacial score (nSPS) is 20.6. The molecule has 2 nitrogen and oxygen atoms in total. The highest BCUT2D eigenvalue weighted by Crippen LogP contribution is 2.60. The molecular formula is C28H30O2S4. The maximum absolute atomic E-state index is 12.1. The first-order valence-corrected chi connectivity index (χ1v) is 14.7. The van der Waals surface area contributed by atoms with Crippen LogP contribution < -0.4 is 0 Å². The maximum Gasteiger partial charge on any atom is 0.148 e. The minimum absolute atomic E-state index is 0.00426. The molecule has 4 rings (SSSR count). The Labute approximate surface area is 220 Å². The van der Waals surface area contributed by atoms with Crippen LogP contribution in [0.4, 0.5) is 0 Å². The van der Waals surface area contributed by atoms with Crippen molar-refractivity contribution in [2.24, 2.45) is 0 Å². The average Bonchev–Trinajstić information content (AvgIpc) is 3.27. The predicted molar refractivity (Wildman–Crippen MR) is 151 cm³/mol. The summed E-state index contributed by atoms with van der Waals surface area (Å²) in [5.74, 6) is 0. The van der Waals surface area contributed by atoms with Crippen molar-refractivity contribution >= 4 is 59.6 Å². The van der Waals surface area contributed by atoms with Gasteiger partial charge in [-0.25, -0.2) is 0 Å². The molecule has 178 valence electrons. The molecule has 0 aliphatic carbocycles.